The minimum atomic E-state index is -1.17. The number of aromatic carboxylic acids is 1. The van der Waals surface area contributed by atoms with Crippen molar-refractivity contribution in [2.75, 3.05) is 0 Å². The van der Waals surface area contributed by atoms with Crippen molar-refractivity contribution in [2.45, 2.75) is 26.7 Å². The molecule has 0 atom stereocenters. The number of nitrogens with zero attached hydrogens (tertiary/aromatic N) is 1. The number of rotatable bonds is 4. The Morgan fingerprint density at radius 1 is 1.45 bits per heavy atom. The molecule has 106 valence electrons. The van der Waals surface area contributed by atoms with Crippen molar-refractivity contribution in [2.24, 2.45) is 0 Å². The van der Waals surface area contributed by atoms with Gasteiger partial charge in [0.25, 0.3) is 0 Å². The summed E-state index contributed by atoms with van der Waals surface area (Å²) in [7, 11) is 0. The van der Waals surface area contributed by atoms with Gasteiger partial charge in [-0.3, -0.25) is 0 Å². The molecule has 0 spiro atoms. The highest BCUT2D eigenvalue weighted by atomic mass is 35.5. The predicted molar refractivity (Wildman–Crippen MR) is 73.8 cm³/mol. The maximum Gasteiger partial charge on any atom is 0.399 e. The van der Waals surface area contributed by atoms with Gasteiger partial charge < -0.3 is 14.3 Å². The van der Waals surface area contributed by atoms with E-state index in [0.717, 1.165) is 17.4 Å². The van der Waals surface area contributed by atoms with Crippen molar-refractivity contribution in [3.63, 3.8) is 0 Å². The minimum absolute atomic E-state index is 0.109. The van der Waals surface area contributed by atoms with Crippen LogP contribution in [0.3, 0.4) is 0 Å². The van der Waals surface area contributed by atoms with E-state index in [-0.39, 0.29) is 17.7 Å². The van der Waals surface area contributed by atoms with Gasteiger partial charge in [-0.15, -0.1) is 0 Å². The number of halogens is 1. The number of carboxylic acid groups (broad SMARTS) is 1. The highest BCUT2D eigenvalue weighted by Gasteiger charge is 2.15. The number of oxazole rings is 1. The monoisotopic (exact) mass is 295 g/mol. The van der Waals surface area contributed by atoms with Gasteiger partial charge in [0.1, 0.15) is 12.0 Å². The molecule has 2 aromatic rings. The molecule has 1 heterocycles. The van der Waals surface area contributed by atoms with Crippen molar-refractivity contribution in [3.05, 3.63) is 40.2 Å². The summed E-state index contributed by atoms with van der Waals surface area (Å²) in [5.41, 5.74) is 1.56. The number of hydrogen-bond donors (Lipinski definition) is 1. The standard InChI is InChI=1S/C14H14ClNO4/c1-7(2)9-5-12(8(3)4-10(9)15)20-14-16-11(6-19-14)13(17)18/h4-7H,1-3H3,(H,17,18). The molecule has 0 aliphatic heterocycles. The second kappa shape index (κ2) is 5.54. The van der Waals surface area contributed by atoms with Crippen molar-refractivity contribution in [1.82, 2.24) is 4.98 Å². The van der Waals surface area contributed by atoms with Gasteiger partial charge in [-0.2, -0.15) is 4.98 Å². The van der Waals surface area contributed by atoms with Crippen LogP contribution >= 0.6 is 11.6 Å². The third-order valence-electron chi connectivity index (χ3n) is 2.82. The first kappa shape index (κ1) is 14.4. The van der Waals surface area contributed by atoms with Crippen LogP contribution in [0, 0.1) is 6.92 Å². The number of aryl methyl sites for hydroxylation is 1. The lowest BCUT2D eigenvalue weighted by Crippen LogP contribution is -1.97. The molecule has 20 heavy (non-hydrogen) atoms. The molecule has 0 bridgehead atoms. The summed E-state index contributed by atoms with van der Waals surface area (Å²) in [6, 6.07) is 3.61. The van der Waals surface area contributed by atoms with Gasteiger partial charge in [0.2, 0.25) is 0 Å². The Balaban J connectivity index is 2.32. The van der Waals surface area contributed by atoms with E-state index in [9.17, 15) is 4.79 Å². The van der Waals surface area contributed by atoms with E-state index in [1.165, 1.54) is 0 Å². The lowest BCUT2D eigenvalue weighted by Gasteiger charge is -2.12. The molecular formula is C14H14ClNO4. The van der Waals surface area contributed by atoms with E-state index in [2.05, 4.69) is 4.98 Å². The topological polar surface area (TPSA) is 72.6 Å². The van der Waals surface area contributed by atoms with Crippen LogP contribution in [0.5, 0.6) is 11.8 Å². The molecule has 0 radical (unpaired) electrons. The Kier molecular flexibility index (Phi) is 3.99. The number of carbonyl (C=O) groups is 1. The molecule has 0 unspecified atom stereocenters. The number of carboxylic acids is 1. The quantitative estimate of drug-likeness (QED) is 0.912. The Morgan fingerprint density at radius 2 is 2.15 bits per heavy atom. The maximum absolute atomic E-state index is 10.7. The number of hydrogen-bond acceptors (Lipinski definition) is 4. The molecule has 5 nitrogen and oxygen atoms in total. The van der Waals surface area contributed by atoms with Gasteiger partial charge in [0, 0.05) is 5.02 Å². The average Bonchev–Trinajstić information content (AvgIpc) is 2.80. The van der Waals surface area contributed by atoms with Gasteiger partial charge in [-0.25, -0.2) is 4.79 Å². The highest BCUT2D eigenvalue weighted by Crippen LogP contribution is 2.33. The highest BCUT2D eigenvalue weighted by molar-refractivity contribution is 6.31. The van der Waals surface area contributed by atoms with Gasteiger partial charge >= 0.3 is 12.0 Å². The van der Waals surface area contributed by atoms with Crippen LogP contribution in [-0.2, 0) is 0 Å². The first-order valence-corrected chi connectivity index (χ1v) is 6.43. The van der Waals surface area contributed by atoms with Crippen LogP contribution in [0.25, 0.3) is 0 Å². The maximum atomic E-state index is 10.7. The Labute approximate surface area is 121 Å². The summed E-state index contributed by atoms with van der Waals surface area (Å²) in [5.74, 6) is -0.388. The van der Waals surface area contributed by atoms with Gasteiger partial charge in [-0.05, 0) is 36.1 Å². The van der Waals surface area contributed by atoms with Crippen LogP contribution in [-0.4, -0.2) is 16.1 Å². The summed E-state index contributed by atoms with van der Waals surface area (Å²) >= 11 is 6.17. The van der Waals surface area contributed by atoms with Crippen molar-refractivity contribution >= 4 is 17.6 Å². The SMILES string of the molecule is Cc1cc(Cl)c(C(C)C)cc1Oc1nc(C(=O)O)co1. The summed E-state index contributed by atoms with van der Waals surface area (Å²) in [6.07, 6.45) is 0.925. The molecule has 0 amide bonds. The van der Waals surface area contributed by atoms with E-state index in [0.29, 0.717) is 10.8 Å². The number of aromatic nitrogens is 1. The van der Waals surface area contributed by atoms with Gasteiger partial charge in [-0.1, -0.05) is 25.4 Å². The lowest BCUT2D eigenvalue weighted by molar-refractivity contribution is 0.0690. The van der Waals surface area contributed by atoms with E-state index < -0.39 is 5.97 Å². The van der Waals surface area contributed by atoms with Crippen LogP contribution in [0.4, 0.5) is 0 Å². The normalized spacial score (nSPS) is 10.8. The first-order chi connectivity index (χ1) is 9.38. The van der Waals surface area contributed by atoms with E-state index >= 15 is 0 Å². The fourth-order valence-corrected chi connectivity index (χ4v) is 2.15. The van der Waals surface area contributed by atoms with Crippen LogP contribution < -0.4 is 4.74 Å². The largest absolute Gasteiger partial charge is 0.476 e. The van der Waals surface area contributed by atoms with E-state index in [4.69, 9.17) is 25.9 Å². The molecule has 1 aromatic carbocycles. The second-order valence-electron chi connectivity index (χ2n) is 4.70. The molecule has 0 aliphatic rings. The molecule has 1 N–H and O–H groups in total. The van der Waals surface area contributed by atoms with Gasteiger partial charge in [0.05, 0.1) is 0 Å². The Bertz CT molecular complexity index is 649. The van der Waals surface area contributed by atoms with Crippen molar-refractivity contribution < 1.29 is 19.1 Å². The lowest BCUT2D eigenvalue weighted by atomic mass is 10.0. The smallest absolute Gasteiger partial charge is 0.399 e. The predicted octanol–water partition coefficient (Wildman–Crippen LogP) is 4.25. The molecular weight excluding hydrogens is 282 g/mol. The number of ether oxygens (including phenoxy) is 1. The Hall–Kier alpha value is -2.01. The van der Waals surface area contributed by atoms with Crippen LogP contribution in [0.2, 0.25) is 5.02 Å². The summed E-state index contributed by atoms with van der Waals surface area (Å²) in [6.45, 7) is 5.88. The second-order valence-corrected chi connectivity index (χ2v) is 5.11. The van der Waals surface area contributed by atoms with Crippen molar-refractivity contribution in [1.29, 1.82) is 0 Å². The number of benzene rings is 1. The molecule has 2 rings (SSSR count). The Morgan fingerprint density at radius 3 is 2.70 bits per heavy atom. The summed E-state index contributed by atoms with van der Waals surface area (Å²) < 4.78 is 10.5. The van der Waals surface area contributed by atoms with E-state index in [1.807, 2.05) is 26.8 Å². The fraction of sp³-hybridized carbons (Fsp3) is 0.286. The zero-order valence-corrected chi connectivity index (χ0v) is 12.1. The third-order valence-corrected chi connectivity index (χ3v) is 3.14. The van der Waals surface area contributed by atoms with Crippen LogP contribution in [0.15, 0.2) is 22.8 Å². The molecule has 1 aromatic heterocycles. The molecule has 6 heteroatoms. The molecule has 0 saturated carbocycles. The fourth-order valence-electron chi connectivity index (χ4n) is 1.72. The summed E-state index contributed by atoms with van der Waals surface area (Å²) in [5, 5.41) is 9.45. The molecule has 0 aliphatic carbocycles. The molecule has 0 fully saturated rings. The molecule has 0 saturated heterocycles. The van der Waals surface area contributed by atoms with Crippen LogP contribution in [0.1, 0.15) is 41.4 Å². The zero-order chi connectivity index (χ0) is 14.9. The minimum Gasteiger partial charge on any atom is -0.476 e. The first-order valence-electron chi connectivity index (χ1n) is 6.05. The summed E-state index contributed by atoms with van der Waals surface area (Å²) in [4.78, 5) is 14.4. The zero-order valence-electron chi connectivity index (χ0n) is 11.3. The third kappa shape index (κ3) is 2.93. The van der Waals surface area contributed by atoms with Crippen molar-refractivity contribution in [3.8, 4) is 11.8 Å². The van der Waals surface area contributed by atoms with E-state index in [1.54, 1.807) is 6.07 Å². The van der Waals surface area contributed by atoms with Gasteiger partial charge in [0.15, 0.2) is 5.69 Å². The average molecular weight is 296 g/mol.